The number of halogens is 1. The van der Waals surface area contributed by atoms with Gasteiger partial charge in [-0.1, -0.05) is 30.3 Å². The number of sulfonamides is 1. The third kappa shape index (κ3) is 4.90. The molecular weight excluding hydrogens is 252 g/mol. The van der Waals surface area contributed by atoms with Crippen molar-refractivity contribution in [3.63, 3.8) is 0 Å². The summed E-state index contributed by atoms with van der Waals surface area (Å²) in [4.78, 5) is 12.1. The van der Waals surface area contributed by atoms with Gasteiger partial charge >= 0.3 is 0 Å². The van der Waals surface area contributed by atoms with Crippen LogP contribution >= 0.6 is 11.6 Å². The van der Waals surface area contributed by atoms with E-state index >= 15 is 0 Å². The molecule has 0 fully saturated rings. The molecule has 5 nitrogen and oxygen atoms in total. The topological polar surface area (TPSA) is 75.6 Å². The summed E-state index contributed by atoms with van der Waals surface area (Å²) in [7, 11) is -3.59. The maximum absolute atomic E-state index is 11.4. The first-order valence-corrected chi connectivity index (χ1v) is 6.28. The number of hydrazone groups is 1. The lowest BCUT2D eigenvalue weighted by Crippen LogP contribution is -2.20. The fraction of sp³-hybridized carbons (Fsp3) is 0.111. The van der Waals surface area contributed by atoms with Crippen LogP contribution in [0.15, 0.2) is 35.4 Å². The molecule has 0 aliphatic rings. The number of hydrogen-bond acceptors (Lipinski definition) is 4. The van der Waals surface area contributed by atoms with Crippen LogP contribution in [0.5, 0.6) is 0 Å². The first kappa shape index (κ1) is 12.7. The van der Waals surface area contributed by atoms with Gasteiger partial charge in [0.2, 0.25) is 0 Å². The van der Waals surface area contributed by atoms with E-state index in [2.05, 4.69) is 5.10 Å². The fourth-order valence-electron chi connectivity index (χ4n) is 0.983. The van der Waals surface area contributed by atoms with E-state index in [-0.39, 0.29) is 5.75 Å². The number of rotatable bonds is 5. The van der Waals surface area contributed by atoms with Crippen LogP contribution < -0.4 is 4.83 Å². The molecule has 1 rings (SSSR count). The van der Waals surface area contributed by atoms with Crippen molar-refractivity contribution in [1.82, 2.24) is 4.83 Å². The molecule has 0 unspecified atom stereocenters. The zero-order valence-electron chi connectivity index (χ0n) is 8.13. The Morgan fingerprint density at radius 2 is 2.00 bits per heavy atom. The number of carbonyl (C=O) groups excluding carboxylic acids is 1. The Morgan fingerprint density at radius 3 is 2.56 bits per heavy atom. The molecule has 0 amide bonds. The second kappa shape index (κ2) is 5.62. The molecule has 86 valence electrons. The van der Waals surface area contributed by atoms with Crippen molar-refractivity contribution in [1.29, 1.82) is 0 Å². The molecule has 0 aliphatic carbocycles. The molecule has 0 aromatic heterocycles. The largest absolute Gasteiger partial charge is 0.274 e. The van der Waals surface area contributed by atoms with Gasteiger partial charge in [0.05, 0.1) is 5.75 Å². The molecule has 0 atom stereocenters. The Labute approximate surface area is 98.2 Å². The van der Waals surface area contributed by atoms with E-state index in [0.717, 1.165) is 0 Å². The van der Waals surface area contributed by atoms with Gasteiger partial charge in [-0.3, -0.25) is 4.79 Å². The third-order valence-corrected chi connectivity index (χ3v) is 2.75. The molecule has 0 heterocycles. The van der Waals surface area contributed by atoms with Crippen molar-refractivity contribution in [2.45, 2.75) is 5.75 Å². The quantitative estimate of drug-likeness (QED) is 0.485. The second-order valence-electron chi connectivity index (χ2n) is 2.90. The zero-order valence-corrected chi connectivity index (χ0v) is 9.70. The highest BCUT2D eigenvalue weighted by molar-refractivity contribution is 7.88. The molecular formula is C9H9ClN2O3S. The van der Waals surface area contributed by atoms with Crippen LogP contribution in [0.2, 0.25) is 0 Å². The van der Waals surface area contributed by atoms with Crippen LogP contribution in [0.4, 0.5) is 0 Å². The molecule has 0 aliphatic heterocycles. The SMILES string of the molecule is O=C(Cl)C=NNS(=O)(=O)Cc1ccccc1. The molecule has 0 spiro atoms. The Balaban J connectivity index is 2.63. The minimum absolute atomic E-state index is 0.207. The zero-order chi connectivity index (χ0) is 12.0. The lowest BCUT2D eigenvalue weighted by Gasteiger charge is -2.02. The summed E-state index contributed by atoms with van der Waals surface area (Å²) < 4.78 is 22.8. The van der Waals surface area contributed by atoms with Gasteiger partial charge < -0.3 is 0 Å². The highest BCUT2D eigenvalue weighted by Crippen LogP contribution is 2.03. The van der Waals surface area contributed by atoms with Crippen LogP contribution in [0.3, 0.4) is 0 Å². The van der Waals surface area contributed by atoms with E-state index in [1.807, 2.05) is 4.83 Å². The maximum Gasteiger partial charge on any atom is 0.265 e. The van der Waals surface area contributed by atoms with E-state index in [9.17, 15) is 13.2 Å². The lowest BCUT2D eigenvalue weighted by atomic mass is 10.2. The predicted octanol–water partition coefficient (Wildman–Crippen LogP) is 0.857. The number of hydrogen-bond donors (Lipinski definition) is 1. The Hall–Kier alpha value is -1.40. The molecule has 0 saturated carbocycles. The van der Waals surface area contributed by atoms with Gasteiger partial charge in [0.25, 0.3) is 15.3 Å². The van der Waals surface area contributed by atoms with Crippen molar-refractivity contribution in [3.05, 3.63) is 35.9 Å². The smallest absolute Gasteiger partial charge is 0.265 e. The number of benzene rings is 1. The van der Waals surface area contributed by atoms with Gasteiger partial charge in [0.1, 0.15) is 6.21 Å². The van der Waals surface area contributed by atoms with Crippen LogP contribution in [-0.4, -0.2) is 19.9 Å². The van der Waals surface area contributed by atoms with E-state index < -0.39 is 15.3 Å². The minimum atomic E-state index is -3.59. The third-order valence-electron chi connectivity index (χ3n) is 1.56. The van der Waals surface area contributed by atoms with Gasteiger partial charge in [-0.05, 0) is 17.2 Å². The second-order valence-corrected chi connectivity index (χ2v) is 4.97. The summed E-state index contributed by atoms with van der Waals surface area (Å²) in [5.74, 6) is -0.207. The molecule has 16 heavy (non-hydrogen) atoms. The highest BCUT2D eigenvalue weighted by Gasteiger charge is 2.09. The molecule has 0 saturated heterocycles. The highest BCUT2D eigenvalue weighted by atomic mass is 35.5. The summed E-state index contributed by atoms with van der Waals surface area (Å²) in [6.07, 6.45) is 0.685. The average Bonchev–Trinajstić information content (AvgIpc) is 2.17. The number of nitrogens with zero attached hydrogens (tertiary/aromatic N) is 1. The van der Waals surface area contributed by atoms with Crippen molar-refractivity contribution < 1.29 is 13.2 Å². The maximum atomic E-state index is 11.4. The standard InChI is InChI=1S/C9H9ClN2O3S/c10-9(13)6-11-12-16(14,15)7-8-4-2-1-3-5-8/h1-6,12H,7H2. The van der Waals surface area contributed by atoms with E-state index in [1.165, 1.54) is 0 Å². The number of carbonyl (C=O) groups is 1. The first-order valence-electron chi connectivity index (χ1n) is 4.25. The van der Waals surface area contributed by atoms with E-state index in [4.69, 9.17) is 11.6 Å². The number of nitrogens with one attached hydrogen (secondary N) is 1. The lowest BCUT2D eigenvalue weighted by molar-refractivity contribution is -0.105. The summed E-state index contributed by atoms with van der Waals surface area (Å²) in [6, 6.07) is 8.60. The summed E-state index contributed by atoms with van der Waals surface area (Å²) in [5, 5.41) is 2.35. The van der Waals surface area contributed by atoms with Crippen molar-refractivity contribution in [2.75, 3.05) is 0 Å². The van der Waals surface area contributed by atoms with Gasteiger partial charge in [-0.15, -0.1) is 0 Å². The molecule has 0 bridgehead atoms. The first-order chi connectivity index (χ1) is 7.49. The summed E-state index contributed by atoms with van der Waals surface area (Å²) in [6.45, 7) is 0. The van der Waals surface area contributed by atoms with Crippen molar-refractivity contribution in [2.24, 2.45) is 5.10 Å². The van der Waals surface area contributed by atoms with Crippen molar-refractivity contribution in [3.8, 4) is 0 Å². The van der Waals surface area contributed by atoms with Crippen LogP contribution in [0.1, 0.15) is 5.56 Å². The van der Waals surface area contributed by atoms with Crippen LogP contribution in [-0.2, 0) is 20.6 Å². The van der Waals surface area contributed by atoms with Gasteiger partial charge in [-0.25, -0.2) is 13.2 Å². The summed E-state index contributed by atoms with van der Waals surface area (Å²) >= 11 is 4.94. The predicted molar refractivity (Wildman–Crippen MR) is 61.6 cm³/mol. The normalized spacial score (nSPS) is 11.6. The van der Waals surface area contributed by atoms with E-state index in [1.54, 1.807) is 30.3 Å². The molecule has 0 radical (unpaired) electrons. The molecule has 1 aromatic carbocycles. The van der Waals surface area contributed by atoms with Crippen LogP contribution in [0, 0.1) is 0 Å². The monoisotopic (exact) mass is 260 g/mol. The minimum Gasteiger partial charge on any atom is -0.274 e. The summed E-state index contributed by atoms with van der Waals surface area (Å²) in [5.41, 5.74) is 0.627. The molecule has 7 heteroatoms. The average molecular weight is 261 g/mol. The Morgan fingerprint density at radius 1 is 1.38 bits per heavy atom. The van der Waals surface area contributed by atoms with Gasteiger partial charge in [-0.2, -0.15) is 5.10 Å². The van der Waals surface area contributed by atoms with Crippen LogP contribution in [0.25, 0.3) is 0 Å². The molecule has 1 aromatic rings. The van der Waals surface area contributed by atoms with Gasteiger partial charge in [0.15, 0.2) is 0 Å². The van der Waals surface area contributed by atoms with E-state index in [0.29, 0.717) is 11.8 Å². The fourth-order valence-corrected chi connectivity index (χ4v) is 1.94. The van der Waals surface area contributed by atoms with Gasteiger partial charge in [0, 0.05) is 0 Å². The van der Waals surface area contributed by atoms with Crippen molar-refractivity contribution >= 4 is 33.1 Å². The molecule has 1 N–H and O–H groups in total. The Bertz CT molecular complexity index is 485. The Kier molecular flexibility index (Phi) is 4.45.